The molecular weight excluding hydrogens is 294 g/mol. The van der Waals surface area contributed by atoms with Gasteiger partial charge in [0.2, 0.25) is 0 Å². The number of methoxy groups -OCH3 is 1. The van der Waals surface area contributed by atoms with Crippen LogP contribution in [0.1, 0.15) is 17.4 Å². The van der Waals surface area contributed by atoms with Crippen LogP contribution in [0.5, 0.6) is 0 Å². The molecule has 0 aliphatic carbocycles. The molecular formula is C15H14ClNO2S. The fourth-order valence-electron chi connectivity index (χ4n) is 1.76. The first-order valence-electron chi connectivity index (χ1n) is 6.12. The van der Waals surface area contributed by atoms with Crippen LogP contribution < -0.4 is 0 Å². The SMILES string of the molecule is CCSc1cc(-c2ccc(Cl)cc2)cnc1C(=O)OC. The summed E-state index contributed by atoms with van der Waals surface area (Å²) in [5.41, 5.74) is 2.32. The Bertz CT molecular complexity index is 614. The van der Waals surface area contributed by atoms with Crippen molar-refractivity contribution in [2.45, 2.75) is 11.8 Å². The first kappa shape index (κ1) is 14.9. The van der Waals surface area contributed by atoms with Crippen LogP contribution in [0.2, 0.25) is 5.02 Å². The Balaban J connectivity index is 2.43. The Kier molecular flexibility index (Phi) is 5.04. The molecule has 0 unspecified atom stereocenters. The Labute approximate surface area is 127 Å². The van der Waals surface area contributed by atoms with Gasteiger partial charge in [-0.2, -0.15) is 0 Å². The lowest BCUT2D eigenvalue weighted by Gasteiger charge is -2.08. The molecule has 0 atom stereocenters. The van der Waals surface area contributed by atoms with Gasteiger partial charge in [0.25, 0.3) is 0 Å². The molecule has 2 aromatic rings. The number of pyridine rings is 1. The molecule has 0 spiro atoms. The largest absolute Gasteiger partial charge is 0.464 e. The van der Waals surface area contributed by atoms with Crippen LogP contribution in [-0.4, -0.2) is 23.8 Å². The quantitative estimate of drug-likeness (QED) is 0.623. The van der Waals surface area contributed by atoms with Gasteiger partial charge < -0.3 is 4.74 Å². The Morgan fingerprint density at radius 3 is 2.60 bits per heavy atom. The third-order valence-electron chi connectivity index (χ3n) is 2.71. The van der Waals surface area contributed by atoms with Gasteiger partial charge in [0.15, 0.2) is 5.69 Å². The topological polar surface area (TPSA) is 39.2 Å². The van der Waals surface area contributed by atoms with Gasteiger partial charge in [0.1, 0.15) is 0 Å². The first-order valence-corrected chi connectivity index (χ1v) is 7.49. The second-order valence-corrected chi connectivity index (χ2v) is 5.74. The predicted octanol–water partition coefficient (Wildman–Crippen LogP) is 4.30. The Hall–Kier alpha value is -1.52. The lowest BCUT2D eigenvalue weighted by molar-refractivity contribution is 0.0590. The number of benzene rings is 1. The third kappa shape index (κ3) is 3.32. The summed E-state index contributed by atoms with van der Waals surface area (Å²) < 4.78 is 4.75. The summed E-state index contributed by atoms with van der Waals surface area (Å²) in [5.74, 6) is 0.444. The summed E-state index contributed by atoms with van der Waals surface area (Å²) in [6.45, 7) is 2.03. The first-order chi connectivity index (χ1) is 9.65. The normalized spacial score (nSPS) is 10.3. The number of ether oxygens (including phenoxy) is 1. The number of aromatic nitrogens is 1. The van der Waals surface area contributed by atoms with Crippen LogP contribution in [0.15, 0.2) is 41.4 Å². The van der Waals surface area contributed by atoms with E-state index in [1.807, 2.05) is 37.3 Å². The van der Waals surface area contributed by atoms with E-state index in [2.05, 4.69) is 4.98 Å². The maximum absolute atomic E-state index is 11.7. The minimum Gasteiger partial charge on any atom is -0.464 e. The van der Waals surface area contributed by atoms with Crippen molar-refractivity contribution in [3.63, 3.8) is 0 Å². The molecule has 0 radical (unpaired) electrons. The zero-order chi connectivity index (χ0) is 14.5. The smallest absolute Gasteiger partial charge is 0.357 e. The second-order valence-electron chi connectivity index (χ2n) is 4.00. The molecule has 0 saturated heterocycles. The predicted molar refractivity (Wildman–Crippen MR) is 82.4 cm³/mol. The molecule has 0 aliphatic heterocycles. The number of thioether (sulfide) groups is 1. The van der Waals surface area contributed by atoms with Crippen molar-refractivity contribution < 1.29 is 9.53 Å². The van der Waals surface area contributed by atoms with Crippen molar-refractivity contribution in [2.24, 2.45) is 0 Å². The van der Waals surface area contributed by atoms with E-state index in [-0.39, 0.29) is 0 Å². The monoisotopic (exact) mass is 307 g/mol. The molecule has 0 saturated carbocycles. The molecule has 1 aromatic carbocycles. The summed E-state index contributed by atoms with van der Waals surface area (Å²) in [6, 6.07) is 9.47. The van der Waals surface area contributed by atoms with Crippen LogP contribution in [0, 0.1) is 0 Å². The van der Waals surface area contributed by atoms with Gasteiger partial charge in [-0.05, 0) is 29.5 Å². The molecule has 2 rings (SSSR count). The lowest BCUT2D eigenvalue weighted by Crippen LogP contribution is -2.06. The van der Waals surface area contributed by atoms with E-state index in [1.54, 1.807) is 18.0 Å². The number of esters is 1. The van der Waals surface area contributed by atoms with Crippen molar-refractivity contribution in [3.8, 4) is 11.1 Å². The number of nitrogens with zero attached hydrogens (tertiary/aromatic N) is 1. The van der Waals surface area contributed by atoms with E-state index in [4.69, 9.17) is 16.3 Å². The van der Waals surface area contributed by atoms with Crippen molar-refractivity contribution in [3.05, 3.63) is 47.2 Å². The van der Waals surface area contributed by atoms with E-state index < -0.39 is 5.97 Å². The molecule has 1 heterocycles. The molecule has 0 fully saturated rings. The molecule has 0 bridgehead atoms. The number of carbonyl (C=O) groups is 1. The zero-order valence-corrected chi connectivity index (χ0v) is 12.8. The standard InChI is InChI=1S/C15H14ClNO2S/c1-3-20-13-8-11(9-17-14(13)15(18)19-2)10-4-6-12(16)7-5-10/h4-9H,3H2,1-2H3. The number of hydrogen-bond donors (Lipinski definition) is 0. The Morgan fingerprint density at radius 2 is 2.00 bits per heavy atom. The average molecular weight is 308 g/mol. The minimum absolute atomic E-state index is 0.358. The van der Waals surface area contributed by atoms with Crippen LogP contribution in [-0.2, 0) is 4.74 Å². The third-order valence-corrected chi connectivity index (χ3v) is 3.87. The Morgan fingerprint density at radius 1 is 1.30 bits per heavy atom. The van der Waals surface area contributed by atoms with Gasteiger partial charge in [-0.25, -0.2) is 9.78 Å². The molecule has 0 N–H and O–H groups in total. The number of carbonyl (C=O) groups excluding carboxylic acids is 1. The highest BCUT2D eigenvalue weighted by atomic mass is 35.5. The molecule has 3 nitrogen and oxygen atoms in total. The molecule has 5 heteroatoms. The van der Waals surface area contributed by atoms with Crippen LogP contribution in [0.4, 0.5) is 0 Å². The van der Waals surface area contributed by atoms with Crippen molar-refractivity contribution in [1.29, 1.82) is 0 Å². The van der Waals surface area contributed by atoms with Gasteiger partial charge in [-0.1, -0.05) is 30.7 Å². The fourth-order valence-corrected chi connectivity index (χ4v) is 2.68. The minimum atomic E-state index is -0.413. The van der Waals surface area contributed by atoms with Gasteiger partial charge in [0, 0.05) is 21.7 Å². The number of rotatable bonds is 4. The summed E-state index contributed by atoms with van der Waals surface area (Å²) >= 11 is 7.45. The van der Waals surface area contributed by atoms with Crippen molar-refractivity contribution in [2.75, 3.05) is 12.9 Å². The van der Waals surface area contributed by atoms with Crippen LogP contribution >= 0.6 is 23.4 Å². The summed E-state index contributed by atoms with van der Waals surface area (Å²) in [6.07, 6.45) is 1.68. The van der Waals surface area contributed by atoms with Crippen molar-refractivity contribution in [1.82, 2.24) is 4.98 Å². The van der Waals surface area contributed by atoms with Crippen molar-refractivity contribution >= 4 is 29.3 Å². The van der Waals surface area contributed by atoms with E-state index in [1.165, 1.54) is 7.11 Å². The lowest BCUT2D eigenvalue weighted by atomic mass is 10.1. The fraction of sp³-hybridized carbons (Fsp3) is 0.200. The van der Waals surface area contributed by atoms with Gasteiger partial charge in [0.05, 0.1) is 7.11 Å². The maximum Gasteiger partial charge on any atom is 0.357 e. The maximum atomic E-state index is 11.7. The van der Waals surface area contributed by atoms with Gasteiger partial charge in [-0.3, -0.25) is 0 Å². The van der Waals surface area contributed by atoms with Crippen LogP contribution in [0.3, 0.4) is 0 Å². The molecule has 0 aliphatic rings. The highest BCUT2D eigenvalue weighted by molar-refractivity contribution is 7.99. The highest BCUT2D eigenvalue weighted by Crippen LogP contribution is 2.28. The highest BCUT2D eigenvalue weighted by Gasteiger charge is 2.15. The second kappa shape index (κ2) is 6.77. The van der Waals surface area contributed by atoms with E-state index in [9.17, 15) is 4.79 Å². The van der Waals surface area contributed by atoms with Crippen LogP contribution in [0.25, 0.3) is 11.1 Å². The van der Waals surface area contributed by atoms with E-state index >= 15 is 0 Å². The molecule has 20 heavy (non-hydrogen) atoms. The number of hydrogen-bond acceptors (Lipinski definition) is 4. The van der Waals surface area contributed by atoms with Gasteiger partial charge in [-0.15, -0.1) is 11.8 Å². The molecule has 104 valence electrons. The van der Waals surface area contributed by atoms with Gasteiger partial charge >= 0.3 is 5.97 Å². The average Bonchev–Trinajstić information content (AvgIpc) is 2.47. The zero-order valence-electron chi connectivity index (χ0n) is 11.2. The summed E-state index contributed by atoms with van der Waals surface area (Å²) in [7, 11) is 1.36. The summed E-state index contributed by atoms with van der Waals surface area (Å²) in [4.78, 5) is 16.8. The van der Waals surface area contributed by atoms with E-state index in [0.717, 1.165) is 21.8 Å². The van der Waals surface area contributed by atoms with E-state index in [0.29, 0.717) is 10.7 Å². The molecule has 0 amide bonds. The number of halogens is 1. The molecule has 1 aromatic heterocycles. The summed E-state index contributed by atoms with van der Waals surface area (Å²) in [5, 5.41) is 0.691.